The largest absolute Gasteiger partial charge is 0.416 e. The molecule has 1 aliphatic rings. The van der Waals surface area contributed by atoms with E-state index in [0.29, 0.717) is 44.6 Å². The van der Waals surface area contributed by atoms with Gasteiger partial charge in [0.2, 0.25) is 5.62 Å². The number of alkyl halides is 5. The van der Waals surface area contributed by atoms with Crippen molar-refractivity contribution in [1.29, 1.82) is 5.41 Å². The van der Waals surface area contributed by atoms with Crippen molar-refractivity contribution in [3.63, 3.8) is 0 Å². The number of aryl methyl sites for hydroxylation is 1. The molecule has 0 saturated carbocycles. The minimum atomic E-state index is -4.75. The second kappa shape index (κ2) is 14.1. The van der Waals surface area contributed by atoms with Gasteiger partial charge in [-0.1, -0.05) is 30.8 Å². The number of benzene rings is 3. The maximum atomic E-state index is 13.9. The lowest BCUT2D eigenvalue weighted by Gasteiger charge is -2.18. The highest BCUT2D eigenvalue weighted by Gasteiger charge is 2.33. The van der Waals surface area contributed by atoms with E-state index in [0.717, 1.165) is 16.7 Å². The molecule has 0 amide bonds. The number of hydrogen-bond donors (Lipinski definition) is 3. The molecule has 0 aliphatic carbocycles. The second-order valence-corrected chi connectivity index (χ2v) is 10.4. The number of nitrogens with zero attached hydrogens (tertiary/aromatic N) is 2. The number of imidazole rings is 1. The number of halogens is 8. The fourth-order valence-electron chi connectivity index (χ4n) is 4.80. The summed E-state index contributed by atoms with van der Waals surface area (Å²) in [7, 11) is 1.58. The third-order valence-electron chi connectivity index (χ3n) is 6.63. The van der Waals surface area contributed by atoms with E-state index in [-0.39, 0.29) is 28.7 Å². The zero-order chi connectivity index (χ0) is 33.8. The molecule has 0 saturated heterocycles. The number of rotatable bonds is 5. The zero-order valence-electron chi connectivity index (χ0n) is 24.6. The lowest BCUT2D eigenvalue weighted by Crippen LogP contribution is -2.25. The summed E-state index contributed by atoms with van der Waals surface area (Å²) in [5.41, 5.74) is 1.54. The van der Waals surface area contributed by atoms with E-state index in [9.17, 15) is 30.7 Å². The Morgan fingerprint density at radius 2 is 1.71 bits per heavy atom. The standard InChI is InChI=1S/C23H21F6N5.C6H4ClF.C3H6/c1-10(13-5-14(23(27,28)29)7-15(24)6-13)32-16-8-17-21(20-12(3)31-11(2)19(16)20)33(4)22(30)34(17)9-18(25)26;7-5-1-3-6(8)4-2-5;1-3-2/h5-8,11,18,30-32H,1,3,9H2,2,4H3;1-4H;3H,1H2,2H3. The van der Waals surface area contributed by atoms with Gasteiger partial charge >= 0.3 is 6.18 Å². The first kappa shape index (κ1) is 35.0. The maximum absolute atomic E-state index is 13.9. The number of fused-ring (bicyclic) bond motifs is 3. The molecule has 3 aromatic carbocycles. The molecule has 0 radical (unpaired) electrons. The van der Waals surface area contributed by atoms with Gasteiger partial charge in [0.1, 0.15) is 11.6 Å². The Kier molecular flexibility index (Phi) is 11.0. The summed E-state index contributed by atoms with van der Waals surface area (Å²) in [6.45, 7) is 14.1. The van der Waals surface area contributed by atoms with Crippen LogP contribution in [0.1, 0.15) is 42.1 Å². The van der Waals surface area contributed by atoms with Crippen LogP contribution in [0.15, 0.2) is 74.3 Å². The molecule has 1 aliphatic heterocycles. The molecule has 1 aromatic heterocycles. The molecule has 0 spiro atoms. The lowest BCUT2D eigenvalue weighted by atomic mass is 9.99. The lowest BCUT2D eigenvalue weighted by molar-refractivity contribution is -0.137. The molecule has 3 N–H and O–H groups in total. The maximum Gasteiger partial charge on any atom is 0.416 e. The van der Waals surface area contributed by atoms with Crippen LogP contribution in [0.2, 0.25) is 5.02 Å². The third-order valence-corrected chi connectivity index (χ3v) is 6.88. The normalized spacial score (nSPS) is 13.8. The molecule has 13 heteroatoms. The third kappa shape index (κ3) is 7.99. The summed E-state index contributed by atoms with van der Waals surface area (Å²) >= 11 is 5.44. The van der Waals surface area contributed by atoms with Crippen molar-refractivity contribution in [2.24, 2.45) is 7.05 Å². The fourth-order valence-corrected chi connectivity index (χ4v) is 4.92. The van der Waals surface area contributed by atoms with E-state index in [1.54, 1.807) is 19.2 Å². The summed E-state index contributed by atoms with van der Waals surface area (Å²) in [4.78, 5) is 0. The predicted molar refractivity (Wildman–Crippen MR) is 165 cm³/mol. The van der Waals surface area contributed by atoms with Crippen LogP contribution >= 0.6 is 11.6 Å². The Morgan fingerprint density at radius 1 is 1.11 bits per heavy atom. The smallest absolute Gasteiger partial charge is 0.378 e. The Morgan fingerprint density at radius 3 is 2.24 bits per heavy atom. The van der Waals surface area contributed by atoms with E-state index in [2.05, 4.69) is 30.4 Å². The minimum absolute atomic E-state index is 0.0151. The Balaban J connectivity index is 0.000000426. The molecule has 5 rings (SSSR count). The van der Waals surface area contributed by atoms with Gasteiger partial charge in [0.25, 0.3) is 6.43 Å². The van der Waals surface area contributed by atoms with Gasteiger partial charge in [-0.3, -0.25) is 5.41 Å². The predicted octanol–water partition coefficient (Wildman–Crippen LogP) is 9.27. The first-order valence-corrected chi connectivity index (χ1v) is 13.7. The van der Waals surface area contributed by atoms with Crippen LogP contribution in [0.5, 0.6) is 0 Å². The molecule has 4 aromatic rings. The molecule has 5 nitrogen and oxygen atoms in total. The first-order chi connectivity index (χ1) is 21.0. The van der Waals surface area contributed by atoms with Crippen molar-refractivity contribution in [3.05, 3.63) is 119 Å². The average Bonchev–Trinajstić information content (AvgIpc) is 3.37. The number of nitrogens with one attached hydrogen (secondary N) is 3. The number of aromatic nitrogens is 2. The van der Waals surface area contributed by atoms with Crippen LogP contribution in [0.3, 0.4) is 0 Å². The van der Waals surface area contributed by atoms with Gasteiger partial charge in [0.05, 0.1) is 29.2 Å². The van der Waals surface area contributed by atoms with Gasteiger partial charge in [0, 0.05) is 45.8 Å². The minimum Gasteiger partial charge on any atom is -0.378 e. The van der Waals surface area contributed by atoms with E-state index in [4.69, 9.17) is 17.0 Å². The summed E-state index contributed by atoms with van der Waals surface area (Å²) in [6, 6.07) is 9.01. The average molecular weight is 654 g/mol. The van der Waals surface area contributed by atoms with Crippen LogP contribution < -0.4 is 16.3 Å². The molecule has 0 fully saturated rings. The second-order valence-electron chi connectivity index (χ2n) is 9.98. The van der Waals surface area contributed by atoms with Crippen LogP contribution in [-0.2, 0) is 19.8 Å². The molecule has 2 heterocycles. The van der Waals surface area contributed by atoms with E-state index in [1.807, 2.05) is 13.8 Å². The molecule has 45 heavy (non-hydrogen) atoms. The van der Waals surface area contributed by atoms with Crippen molar-refractivity contribution in [1.82, 2.24) is 14.5 Å². The van der Waals surface area contributed by atoms with Gasteiger partial charge in [-0.15, -0.1) is 6.58 Å². The summed E-state index contributed by atoms with van der Waals surface area (Å²) in [6.07, 6.45) is -5.71. The number of hydrogen-bond acceptors (Lipinski definition) is 3. The quantitative estimate of drug-likeness (QED) is 0.149. The SMILES string of the molecule is C=C(Nc1cc2c(c3c1C(C)NC3=C)n(C)c(=N)n2CC(F)F)c1cc(F)cc(C(F)(F)F)c1.C=CC.Fc1ccc(Cl)cc1. The van der Waals surface area contributed by atoms with Gasteiger partial charge in [-0.25, -0.2) is 17.6 Å². The van der Waals surface area contributed by atoms with E-state index < -0.39 is 30.5 Å². The Labute approximate surface area is 260 Å². The van der Waals surface area contributed by atoms with Gasteiger partial charge < -0.3 is 19.8 Å². The summed E-state index contributed by atoms with van der Waals surface area (Å²) in [5.74, 6) is -1.33. The van der Waals surface area contributed by atoms with Crippen molar-refractivity contribution in [2.45, 2.75) is 39.0 Å². The highest BCUT2D eigenvalue weighted by molar-refractivity contribution is 6.30. The van der Waals surface area contributed by atoms with Crippen LogP contribution in [0, 0.1) is 17.0 Å². The van der Waals surface area contributed by atoms with E-state index >= 15 is 0 Å². The highest BCUT2D eigenvalue weighted by atomic mass is 35.5. The number of allylic oxidation sites excluding steroid dienone is 1. The topological polar surface area (TPSA) is 57.8 Å². The highest BCUT2D eigenvalue weighted by Crippen LogP contribution is 2.42. The van der Waals surface area contributed by atoms with Crippen molar-refractivity contribution in [2.75, 3.05) is 5.32 Å². The molecular formula is C32H31ClF7N5. The van der Waals surface area contributed by atoms with E-state index in [1.165, 1.54) is 28.8 Å². The molecule has 240 valence electrons. The Hall–Kier alpha value is -4.45. The summed E-state index contributed by atoms with van der Waals surface area (Å²) in [5, 5.41) is 15.0. The van der Waals surface area contributed by atoms with Crippen molar-refractivity contribution >= 4 is 39.7 Å². The molecular weight excluding hydrogens is 623 g/mol. The first-order valence-electron chi connectivity index (χ1n) is 13.4. The van der Waals surface area contributed by atoms with Crippen LogP contribution in [0.25, 0.3) is 22.4 Å². The summed E-state index contributed by atoms with van der Waals surface area (Å²) < 4.78 is 94.6. The van der Waals surface area contributed by atoms with Gasteiger partial charge in [0.15, 0.2) is 0 Å². The number of anilines is 1. The van der Waals surface area contributed by atoms with Crippen LogP contribution in [-0.4, -0.2) is 15.6 Å². The van der Waals surface area contributed by atoms with Crippen molar-refractivity contribution in [3.8, 4) is 0 Å². The Bertz CT molecular complexity index is 1770. The fraction of sp³-hybridized carbons (Fsp3) is 0.219. The van der Waals surface area contributed by atoms with Crippen LogP contribution in [0.4, 0.5) is 36.4 Å². The van der Waals surface area contributed by atoms with Crippen molar-refractivity contribution < 1.29 is 30.7 Å². The van der Waals surface area contributed by atoms with Gasteiger partial charge in [-0.05, 0) is 62.4 Å². The molecule has 1 unspecified atom stereocenters. The monoisotopic (exact) mass is 653 g/mol. The van der Waals surface area contributed by atoms with Gasteiger partial charge in [-0.2, -0.15) is 13.2 Å². The molecule has 0 bridgehead atoms. The molecule has 1 atom stereocenters. The zero-order valence-corrected chi connectivity index (χ0v) is 25.4.